The molecule has 0 fully saturated rings. The van der Waals surface area contributed by atoms with Gasteiger partial charge in [0.05, 0.1) is 18.1 Å². The molecule has 5 heteroatoms. The van der Waals surface area contributed by atoms with E-state index in [1.54, 1.807) is 17.5 Å². The Balaban J connectivity index is 2.05. The number of hydrogen-bond donors (Lipinski definition) is 2. The summed E-state index contributed by atoms with van der Waals surface area (Å²) in [5.74, 6) is 2.36. The smallest absolute Gasteiger partial charge is 0.233 e. The van der Waals surface area contributed by atoms with Crippen molar-refractivity contribution in [3.05, 3.63) is 16.6 Å². The van der Waals surface area contributed by atoms with Gasteiger partial charge in [-0.25, -0.2) is 4.98 Å². The topological polar surface area (TPSA) is 54.0 Å². The fraction of sp³-hybridized carbons (Fsp3) is 0.400. The molecule has 0 aliphatic heterocycles. The Hall–Kier alpha value is -1.38. The third-order valence-electron chi connectivity index (χ3n) is 1.66. The first kappa shape index (κ1) is 11.7. The quantitative estimate of drug-likeness (QED) is 0.528. The van der Waals surface area contributed by atoms with Gasteiger partial charge in [0.2, 0.25) is 5.91 Å². The highest BCUT2D eigenvalue weighted by atomic mass is 32.1. The maximum atomic E-state index is 11.2. The Morgan fingerprint density at radius 3 is 3.20 bits per heavy atom. The van der Waals surface area contributed by atoms with Crippen LogP contribution >= 0.6 is 11.3 Å². The molecule has 0 aliphatic carbocycles. The minimum absolute atomic E-state index is 0.0400. The molecule has 0 bridgehead atoms. The molecular formula is C10H13N3OS. The van der Waals surface area contributed by atoms with Crippen molar-refractivity contribution in [1.29, 1.82) is 0 Å². The van der Waals surface area contributed by atoms with Crippen LogP contribution in [0.2, 0.25) is 0 Å². The van der Waals surface area contributed by atoms with E-state index in [1.165, 1.54) is 0 Å². The van der Waals surface area contributed by atoms with Crippen LogP contribution in [0.5, 0.6) is 0 Å². The van der Waals surface area contributed by atoms with E-state index in [0.29, 0.717) is 13.1 Å². The van der Waals surface area contributed by atoms with Crippen molar-refractivity contribution in [2.75, 3.05) is 19.6 Å². The van der Waals surface area contributed by atoms with Gasteiger partial charge in [0.1, 0.15) is 0 Å². The molecule has 0 aromatic carbocycles. The SMILES string of the molecule is C#CCNCC(=O)NCCc1nccs1. The van der Waals surface area contributed by atoms with Crippen LogP contribution in [0.3, 0.4) is 0 Å². The molecule has 1 heterocycles. The number of amides is 1. The van der Waals surface area contributed by atoms with E-state index >= 15 is 0 Å². The molecule has 1 amide bonds. The summed E-state index contributed by atoms with van der Waals surface area (Å²) in [6.07, 6.45) is 7.56. The Bertz CT molecular complexity index is 329. The predicted octanol–water partition coefficient (Wildman–Crippen LogP) is 0.0246. The van der Waals surface area contributed by atoms with Gasteiger partial charge in [-0.3, -0.25) is 10.1 Å². The van der Waals surface area contributed by atoms with Crippen molar-refractivity contribution in [2.45, 2.75) is 6.42 Å². The summed E-state index contributed by atoms with van der Waals surface area (Å²) in [6, 6.07) is 0. The van der Waals surface area contributed by atoms with Gasteiger partial charge in [-0.1, -0.05) is 5.92 Å². The highest BCUT2D eigenvalue weighted by molar-refractivity contribution is 7.09. The first-order valence-electron chi connectivity index (χ1n) is 4.62. The molecule has 0 saturated heterocycles. The molecule has 1 rings (SSSR count). The van der Waals surface area contributed by atoms with E-state index in [-0.39, 0.29) is 12.5 Å². The van der Waals surface area contributed by atoms with Crippen LogP contribution < -0.4 is 10.6 Å². The number of carbonyl (C=O) groups is 1. The fourth-order valence-corrected chi connectivity index (χ4v) is 1.62. The zero-order valence-electron chi connectivity index (χ0n) is 8.32. The van der Waals surface area contributed by atoms with Crippen LogP contribution in [-0.2, 0) is 11.2 Å². The number of thiazole rings is 1. The summed E-state index contributed by atoms with van der Waals surface area (Å²) < 4.78 is 0. The Morgan fingerprint density at radius 1 is 1.67 bits per heavy atom. The maximum Gasteiger partial charge on any atom is 0.233 e. The normalized spacial score (nSPS) is 9.53. The molecule has 1 aromatic heterocycles. The average Bonchev–Trinajstić information content (AvgIpc) is 2.71. The van der Waals surface area contributed by atoms with Crippen molar-refractivity contribution in [3.63, 3.8) is 0 Å². The third-order valence-corrected chi connectivity index (χ3v) is 2.50. The average molecular weight is 223 g/mol. The maximum absolute atomic E-state index is 11.2. The fourth-order valence-electron chi connectivity index (χ4n) is 0.996. The monoisotopic (exact) mass is 223 g/mol. The van der Waals surface area contributed by atoms with Gasteiger partial charge >= 0.3 is 0 Å². The first-order valence-corrected chi connectivity index (χ1v) is 5.50. The molecule has 80 valence electrons. The summed E-state index contributed by atoms with van der Waals surface area (Å²) in [7, 11) is 0. The Morgan fingerprint density at radius 2 is 2.53 bits per heavy atom. The zero-order valence-corrected chi connectivity index (χ0v) is 9.14. The number of carbonyl (C=O) groups excluding carboxylic acids is 1. The van der Waals surface area contributed by atoms with Crippen molar-refractivity contribution >= 4 is 17.2 Å². The summed E-state index contributed by atoms with van der Waals surface area (Å²) in [4.78, 5) is 15.3. The molecule has 0 unspecified atom stereocenters. The van der Waals surface area contributed by atoms with E-state index in [9.17, 15) is 4.79 Å². The highest BCUT2D eigenvalue weighted by Crippen LogP contribution is 2.03. The summed E-state index contributed by atoms with van der Waals surface area (Å²) in [6.45, 7) is 1.30. The van der Waals surface area contributed by atoms with E-state index in [2.05, 4.69) is 21.5 Å². The highest BCUT2D eigenvalue weighted by Gasteiger charge is 2.00. The summed E-state index contributed by atoms with van der Waals surface area (Å²) >= 11 is 1.59. The number of rotatable bonds is 6. The van der Waals surface area contributed by atoms with Gasteiger partial charge in [0, 0.05) is 24.5 Å². The predicted molar refractivity (Wildman–Crippen MR) is 60.5 cm³/mol. The van der Waals surface area contributed by atoms with E-state index in [1.807, 2.05) is 5.38 Å². The van der Waals surface area contributed by atoms with Crippen LogP contribution in [-0.4, -0.2) is 30.5 Å². The summed E-state index contributed by atoms with van der Waals surface area (Å²) in [5.41, 5.74) is 0. The van der Waals surface area contributed by atoms with E-state index < -0.39 is 0 Å². The van der Waals surface area contributed by atoms with Gasteiger partial charge in [0.15, 0.2) is 0 Å². The van der Waals surface area contributed by atoms with Gasteiger partial charge < -0.3 is 5.32 Å². The number of nitrogens with zero attached hydrogens (tertiary/aromatic N) is 1. The van der Waals surface area contributed by atoms with Gasteiger partial charge in [-0.05, 0) is 0 Å². The van der Waals surface area contributed by atoms with Crippen LogP contribution in [0.15, 0.2) is 11.6 Å². The molecule has 2 N–H and O–H groups in total. The van der Waals surface area contributed by atoms with E-state index in [4.69, 9.17) is 6.42 Å². The lowest BCUT2D eigenvalue weighted by molar-refractivity contribution is -0.120. The van der Waals surface area contributed by atoms with Crippen LogP contribution in [0.4, 0.5) is 0 Å². The lowest BCUT2D eigenvalue weighted by Gasteiger charge is -2.03. The van der Waals surface area contributed by atoms with Crippen molar-refractivity contribution in [1.82, 2.24) is 15.6 Å². The second-order valence-electron chi connectivity index (χ2n) is 2.83. The van der Waals surface area contributed by atoms with Crippen molar-refractivity contribution < 1.29 is 4.79 Å². The molecule has 4 nitrogen and oxygen atoms in total. The zero-order chi connectivity index (χ0) is 10.9. The molecule has 0 aliphatic rings. The van der Waals surface area contributed by atoms with Crippen LogP contribution in [0, 0.1) is 12.3 Å². The molecule has 0 spiro atoms. The van der Waals surface area contributed by atoms with Gasteiger partial charge in [-0.15, -0.1) is 17.8 Å². The molecule has 0 atom stereocenters. The molecule has 0 saturated carbocycles. The second kappa shape index (κ2) is 6.98. The van der Waals surface area contributed by atoms with Crippen molar-refractivity contribution in [2.24, 2.45) is 0 Å². The number of aromatic nitrogens is 1. The molecule has 15 heavy (non-hydrogen) atoms. The first-order chi connectivity index (χ1) is 7.33. The molecular weight excluding hydrogens is 210 g/mol. The minimum Gasteiger partial charge on any atom is -0.355 e. The minimum atomic E-state index is -0.0400. The van der Waals surface area contributed by atoms with Crippen LogP contribution in [0.25, 0.3) is 0 Å². The Labute approximate surface area is 93.1 Å². The molecule has 1 aromatic rings. The summed E-state index contributed by atoms with van der Waals surface area (Å²) in [5, 5.41) is 8.55. The number of terminal acetylenes is 1. The lowest BCUT2D eigenvalue weighted by Crippen LogP contribution is -2.35. The lowest BCUT2D eigenvalue weighted by atomic mass is 10.4. The molecule has 0 radical (unpaired) electrons. The Kier molecular flexibility index (Phi) is 5.44. The van der Waals surface area contributed by atoms with Gasteiger partial charge in [-0.2, -0.15) is 0 Å². The van der Waals surface area contributed by atoms with Gasteiger partial charge in [0.25, 0.3) is 0 Å². The number of nitrogens with one attached hydrogen (secondary N) is 2. The second-order valence-corrected chi connectivity index (χ2v) is 3.81. The largest absolute Gasteiger partial charge is 0.355 e. The van der Waals surface area contributed by atoms with Crippen molar-refractivity contribution in [3.8, 4) is 12.3 Å². The van der Waals surface area contributed by atoms with Crippen LogP contribution in [0.1, 0.15) is 5.01 Å². The number of hydrogen-bond acceptors (Lipinski definition) is 4. The standard InChI is InChI=1S/C10H13N3OS/c1-2-4-11-8-9(14)12-5-3-10-13-6-7-15-10/h1,6-7,11H,3-5,8H2,(H,12,14). The third kappa shape index (κ3) is 5.15. The van der Waals surface area contributed by atoms with E-state index in [0.717, 1.165) is 11.4 Å².